The second-order valence-electron chi connectivity index (χ2n) is 4.56. The number of carbonyl (C=O) groups is 1. The Hall–Kier alpha value is -1.10. The molecule has 0 spiro atoms. The van der Waals surface area contributed by atoms with E-state index in [0.29, 0.717) is 0 Å². The Kier molecular flexibility index (Phi) is 4.80. The summed E-state index contributed by atoms with van der Waals surface area (Å²) in [5.74, 6) is 0.133. The largest absolute Gasteiger partial charge is 0.339 e. The lowest BCUT2D eigenvalue weighted by Crippen LogP contribution is -2.32. The molecular weight excluding hydrogens is 349 g/mol. The first kappa shape index (κ1) is 14.3. The van der Waals surface area contributed by atoms with E-state index in [1.807, 2.05) is 30.9 Å². The molecule has 0 atom stereocenters. The summed E-state index contributed by atoms with van der Waals surface area (Å²) >= 11 is 2.30. The van der Waals surface area contributed by atoms with Gasteiger partial charge in [-0.1, -0.05) is 18.2 Å². The molecule has 2 nitrogen and oxygen atoms in total. The van der Waals surface area contributed by atoms with Crippen molar-refractivity contribution in [3.63, 3.8) is 0 Å². The maximum atomic E-state index is 12.6. The van der Waals surface area contributed by atoms with Crippen molar-refractivity contribution in [3.05, 3.63) is 56.8 Å². The zero-order valence-corrected chi connectivity index (χ0v) is 13.5. The lowest BCUT2D eigenvalue weighted by atomic mass is 9.99. The van der Waals surface area contributed by atoms with Crippen LogP contribution < -0.4 is 0 Å². The van der Waals surface area contributed by atoms with E-state index in [9.17, 15) is 4.79 Å². The molecule has 0 unspecified atom stereocenters. The third-order valence-corrected chi connectivity index (χ3v) is 4.03. The number of hydrogen-bond acceptors (Lipinski definition) is 1. The number of nitrogens with zero attached hydrogens (tertiary/aromatic N) is 1. The van der Waals surface area contributed by atoms with Gasteiger partial charge in [-0.2, -0.15) is 0 Å². The van der Waals surface area contributed by atoms with Gasteiger partial charge in [0.2, 0.25) is 0 Å². The molecule has 0 aromatic carbocycles. The average molecular weight is 367 g/mol. The van der Waals surface area contributed by atoms with Crippen molar-refractivity contribution in [1.29, 1.82) is 0 Å². The first-order chi connectivity index (χ1) is 9.15. The predicted octanol–water partition coefficient (Wildman–Crippen LogP) is 3.93. The molecule has 2 aliphatic rings. The fraction of sp³-hybridized carbons (Fsp3) is 0.312. The molecule has 2 bridgehead atoms. The van der Waals surface area contributed by atoms with Gasteiger partial charge in [-0.15, -0.1) is 0 Å². The van der Waals surface area contributed by atoms with Crippen LogP contribution in [0.15, 0.2) is 56.8 Å². The van der Waals surface area contributed by atoms with E-state index >= 15 is 0 Å². The summed E-state index contributed by atoms with van der Waals surface area (Å²) in [6.07, 6.45) is 13.2. The molecule has 0 saturated heterocycles. The monoisotopic (exact) mass is 367 g/mol. The fourth-order valence-electron chi connectivity index (χ4n) is 2.28. The molecule has 0 aromatic heterocycles. The normalized spacial score (nSPS) is 17.6. The first-order valence-electron chi connectivity index (χ1n) is 6.60. The number of hydrogen-bond donors (Lipinski definition) is 0. The Bertz CT molecular complexity index is 531. The van der Waals surface area contributed by atoms with Crippen LogP contribution >= 0.6 is 22.6 Å². The van der Waals surface area contributed by atoms with Crippen molar-refractivity contribution in [1.82, 2.24) is 4.90 Å². The summed E-state index contributed by atoms with van der Waals surface area (Å²) in [5, 5.41) is 0. The van der Waals surface area contributed by atoms with Gasteiger partial charge in [-0.25, -0.2) is 0 Å². The summed E-state index contributed by atoms with van der Waals surface area (Å²) in [6.45, 7) is 5.54. The zero-order valence-electron chi connectivity index (χ0n) is 11.3. The van der Waals surface area contributed by atoms with E-state index in [2.05, 4.69) is 46.9 Å². The summed E-state index contributed by atoms with van der Waals surface area (Å²) in [5.41, 5.74) is 3.19. The standard InChI is InChI=1S/C16H18INO/c1-3-18(4-2)16(19)15-7-5-6-12-8-9-14(17)11-13(15)10-12/h5-9,11H,3-4,10H2,1-2H3. The van der Waals surface area contributed by atoms with E-state index in [1.54, 1.807) is 0 Å². The lowest BCUT2D eigenvalue weighted by Gasteiger charge is -2.21. The lowest BCUT2D eigenvalue weighted by molar-refractivity contribution is -0.126. The van der Waals surface area contributed by atoms with E-state index in [0.717, 1.165) is 34.2 Å². The van der Waals surface area contributed by atoms with Crippen molar-refractivity contribution >= 4 is 28.5 Å². The highest BCUT2D eigenvalue weighted by atomic mass is 127. The number of carbonyl (C=O) groups excluding carboxylic acids is 1. The second kappa shape index (κ2) is 6.37. The highest BCUT2D eigenvalue weighted by Crippen LogP contribution is 2.30. The van der Waals surface area contributed by atoms with Crippen LogP contribution in [0.4, 0.5) is 0 Å². The third-order valence-electron chi connectivity index (χ3n) is 3.36. The Morgan fingerprint density at radius 1 is 1.26 bits per heavy atom. The van der Waals surface area contributed by atoms with Crippen molar-refractivity contribution in [2.45, 2.75) is 20.3 Å². The van der Waals surface area contributed by atoms with Crippen LogP contribution in [0.1, 0.15) is 20.3 Å². The highest BCUT2D eigenvalue weighted by molar-refractivity contribution is 14.1. The molecule has 19 heavy (non-hydrogen) atoms. The van der Waals surface area contributed by atoms with E-state index in [-0.39, 0.29) is 5.91 Å². The van der Waals surface area contributed by atoms with Crippen molar-refractivity contribution in [2.75, 3.05) is 13.1 Å². The number of allylic oxidation sites excluding steroid dienone is 8. The van der Waals surface area contributed by atoms with E-state index < -0.39 is 0 Å². The van der Waals surface area contributed by atoms with Gasteiger partial charge in [0.05, 0.1) is 0 Å². The SMILES string of the molecule is CCN(CC)C(=O)C1=CC=CC2=CC=C(I)C=C1C2. The second-order valence-corrected chi connectivity index (χ2v) is 5.80. The topological polar surface area (TPSA) is 20.3 Å². The van der Waals surface area contributed by atoms with Crippen LogP contribution in [0.25, 0.3) is 0 Å². The van der Waals surface area contributed by atoms with Gasteiger partial charge < -0.3 is 4.90 Å². The molecule has 0 heterocycles. The Morgan fingerprint density at radius 2 is 2.00 bits per heavy atom. The van der Waals surface area contributed by atoms with Gasteiger partial charge >= 0.3 is 0 Å². The molecule has 100 valence electrons. The van der Waals surface area contributed by atoms with Crippen molar-refractivity contribution in [2.24, 2.45) is 0 Å². The zero-order chi connectivity index (χ0) is 13.8. The van der Waals surface area contributed by atoms with Gasteiger partial charge in [-0.05, 0) is 72.2 Å². The van der Waals surface area contributed by atoms with Crippen LogP contribution in [0.3, 0.4) is 0 Å². The molecule has 2 rings (SSSR count). The molecule has 2 aliphatic carbocycles. The quantitative estimate of drug-likeness (QED) is 0.693. The minimum absolute atomic E-state index is 0.133. The van der Waals surface area contributed by atoms with Crippen LogP contribution in [-0.4, -0.2) is 23.9 Å². The Morgan fingerprint density at radius 3 is 2.68 bits per heavy atom. The van der Waals surface area contributed by atoms with Crippen LogP contribution in [0.2, 0.25) is 0 Å². The van der Waals surface area contributed by atoms with Gasteiger partial charge in [0, 0.05) is 22.2 Å². The maximum absolute atomic E-state index is 12.6. The smallest absolute Gasteiger partial charge is 0.254 e. The summed E-state index contributed by atoms with van der Waals surface area (Å²) in [4.78, 5) is 14.4. The Labute approximate surface area is 128 Å². The molecule has 0 aliphatic heterocycles. The molecule has 3 heteroatoms. The maximum Gasteiger partial charge on any atom is 0.254 e. The summed E-state index contributed by atoms with van der Waals surface area (Å²) in [7, 11) is 0. The minimum atomic E-state index is 0.133. The number of likely N-dealkylation sites (N-methyl/N-ethyl adjacent to an activating group) is 1. The molecular formula is C16H18INO. The third kappa shape index (κ3) is 3.26. The number of fused-ring (bicyclic) bond motifs is 2. The number of halogens is 1. The van der Waals surface area contributed by atoms with Gasteiger partial charge in [0.1, 0.15) is 0 Å². The molecule has 0 fully saturated rings. The minimum Gasteiger partial charge on any atom is -0.339 e. The fourth-order valence-corrected chi connectivity index (χ4v) is 2.84. The predicted molar refractivity (Wildman–Crippen MR) is 88.0 cm³/mol. The van der Waals surface area contributed by atoms with Gasteiger partial charge in [0.25, 0.3) is 5.91 Å². The number of amides is 1. The summed E-state index contributed by atoms with van der Waals surface area (Å²) < 4.78 is 1.16. The molecule has 0 saturated carbocycles. The van der Waals surface area contributed by atoms with Gasteiger partial charge in [-0.3, -0.25) is 4.79 Å². The molecule has 1 amide bonds. The van der Waals surface area contributed by atoms with Crippen LogP contribution in [0, 0.1) is 0 Å². The van der Waals surface area contributed by atoms with Gasteiger partial charge in [0.15, 0.2) is 0 Å². The first-order valence-corrected chi connectivity index (χ1v) is 7.68. The molecule has 0 aromatic rings. The highest BCUT2D eigenvalue weighted by Gasteiger charge is 2.21. The number of rotatable bonds is 3. The van der Waals surface area contributed by atoms with Crippen LogP contribution in [-0.2, 0) is 4.79 Å². The average Bonchev–Trinajstić information content (AvgIpc) is 2.70. The van der Waals surface area contributed by atoms with Crippen molar-refractivity contribution in [3.8, 4) is 0 Å². The van der Waals surface area contributed by atoms with Crippen molar-refractivity contribution < 1.29 is 4.79 Å². The summed E-state index contributed by atoms with van der Waals surface area (Å²) in [6, 6.07) is 0. The van der Waals surface area contributed by atoms with E-state index in [4.69, 9.17) is 0 Å². The molecule has 0 radical (unpaired) electrons. The van der Waals surface area contributed by atoms with E-state index in [1.165, 1.54) is 5.57 Å². The molecule has 0 N–H and O–H groups in total. The Balaban J connectivity index is 2.39. The van der Waals surface area contributed by atoms with Crippen LogP contribution in [0.5, 0.6) is 0 Å².